The second kappa shape index (κ2) is 8.74. The van der Waals surface area contributed by atoms with Gasteiger partial charge in [-0.3, -0.25) is 9.59 Å². The van der Waals surface area contributed by atoms with Crippen molar-refractivity contribution in [1.82, 2.24) is 10.2 Å². The summed E-state index contributed by atoms with van der Waals surface area (Å²) < 4.78 is 0. The molecule has 132 valence electrons. The molecule has 0 bridgehead atoms. The summed E-state index contributed by atoms with van der Waals surface area (Å²) in [5.74, 6) is 2.46. The Morgan fingerprint density at radius 1 is 1.29 bits per heavy atom. The summed E-state index contributed by atoms with van der Waals surface area (Å²) in [5.41, 5.74) is 1.35. The minimum Gasteiger partial charge on any atom is -0.337 e. The van der Waals surface area contributed by atoms with E-state index in [1.165, 1.54) is 0 Å². The van der Waals surface area contributed by atoms with Crippen LogP contribution in [0.25, 0.3) is 0 Å². The van der Waals surface area contributed by atoms with Crippen LogP contribution >= 0.6 is 24.2 Å². The van der Waals surface area contributed by atoms with E-state index in [0.717, 1.165) is 37.7 Å². The van der Waals surface area contributed by atoms with Gasteiger partial charge in [0.25, 0.3) is 5.91 Å². The number of amides is 2. The molecule has 3 rings (SSSR count). The average Bonchev–Trinajstić information content (AvgIpc) is 2.53. The molecule has 1 atom stereocenters. The molecular weight excluding hydrogens is 346 g/mol. The topological polar surface area (TPSA) is 61.4 Å². The van der Waals surface area contributed by atoms with Crippen molar-refractivity contribution in [3.05, 3.63) is 29.8 Å². The highest BCUT2D eigenvalue weighted by Crippen LogP contribution is 2.20. The quantitative estimate of drug-likeness (QED) is 0.853. The van der Waals surface area contributed by atoms with E-state index < -0.39 is 0 Å². The van der Waals surface area contributed by atoms with Gasteiger partial charge in [0, 0.05) is 41.8 Å². The van der Waals surface area contributed by atoms with Crippen LogP contribution in [0, 0.1) is 11.8 Å². The van der Waals surface area contributed by atoms with Crippen molar-refractivity contribution >= 4 is 41.7 Å². The molecule has 2 fully saturated rings. The SMILES string of the molecule is CC(C(=O)Nc1cccc(C(=O)N2CCSCC2)c1)C1CNC1.Cl. The van der Waals surface area contributed by atoms with E-state index in [4.69, 9.17) is 0 Å². The minimum absolute atomic E-state index is 0. The summed E-state index contributed by atoms with van der Waals surface area (Å²) in [6, 6.07) is 7.27. The fourth-order valence-electron chi connectivity index (χ4n) is 2.81. The van der Waals surface area contributed by atoms with E-state index >= 15 is 0 Å². The molecule has 1 aromatic rings. The smallest absolute Gasteiger partial charge is 0.253 e. The highest BCUT2D eigenvalue weighted by molar-refractivity contribution is 7.99. The molecule has 2 saturated heterocycles. The minimum atomic E-state index is -0.0188. The van der Waals surface area contributed by atoms with Crippen LogP contribution in [-0.4, -0.2) is 54.4 Å². The largest absolute Gasteiger partial charge is 0.337 e. The number of nitrogens with one attached hydrogen (secondary N) is 2. The fraction of sp³-hybridized carbons (Fsp3) is 0.529. The highest BCUT2D eigenvalue weighted by Gasteiger charge is 2.28. The first-order chi connectivity index (χ1) is 11.1. The number of hydrogen-bond donors (Lipinski definition) is 2. The molecule has 2 N–H and O–H groups in total. The number of benzene rings is 1. The van der Waals surface area contributed by atoms with Crippen molar-refractivity contribution in [3.8, 4) is 0 Å². The molecule has 1 aromatic carbocycles. The summed E-state index contributed by atoms with van der Waals surface area (Å²) in [4.78, 5) is 26.7. The van der Waals surface area contributed by atoms with Crippen LogP contribution in [0.3, 0.4) is 0 Å². The predicted molar refractivity (Wildman–Crippen MR) is 101 cm³/mol. The van der Waals surface area contributed by atoms with Gasteiger partial charge in [-0.2, -0.15) is 11.8 Å². The number of nitrogens with zero attached hydrogens (tertiary/aromatic N) is 1. The van der Waals surface area contributed by atoms with Gasteiger partial charge in [0.2, 0.25) is 5.91 Å². The maximum absolute atomic E-state index is 12.5. The molecule has 5 nitrogen and oxygen atoms in total. The summed E-state index contributed by atoms with van der Waals surface area (Å²) >= 11 is 1.88. The first-order valence-electron chi connectivity index (χ1n) is 8.14. The standard InChI is InChI=1S/C17H23N3O2S.ClH/c1-12(14-10-18-11-14)16(21)19-15-4-2-3-13(9-15)17(22)20-5-7-23-8-6-20;/h2-4,9,12,14,18H,5-8,10-11H2,1H3,(H,19,21);1H. The Morgan fingerprint density at radius 3 is 2.62 bits per heavy atom. The molecule has 7 heteroatoms. The molecule has 24 heavy (non-hydrogen) atoms. The number of hydrogen-bond acceptors (Lipinski definition) is 4. The number of carbonyl (C=O) groups excluding carboxylic acids is 2. The third kappa shape index (κ3) is 4.43. The summed E-state index contributed by atoms with van der Waals surface area (Å²) in [7, 11) is 0. The molecule has 0 saturated carbocycles. The zero-order chi connectivity index (χ0) is 16.2. The van der Waals surface area contributed by atoms with Gasteiger partial charge >= 0.3 is 0 Å². The molecule has 0 radical (unpaired) electrons. The van der Waals surface area contributed by atoms with Crippen molar-refractivity contribution in [2.75, 3.05) is 43.0 Å². The Kier molecular flexibility index (Phi) is 6.95. The third-order valence-electron chi connectivity index (χ3n) is 4.61. The summed E-state index contributed by atoms with van der Waals surface area (Å²) in [5, 5.41) is 6.14. The van der Waals surface area contributed by atoms with Crippen molar-refractivity contribution in [3.63, 3.8) is 0 Å². The van der Waals surface area contributed by atoms with Gasteiger partial charge in [-0.1, -0.05) is 13.0 Å². The normalized spacial score (nSPS) is 19.0. The maximum Gasteiger partial charge on any atom is 0.253 e. The van der Waals surface area contributed by atoms with Crippen LogP contribution in [0.15, 0.2) is 24.3 Å². The highest BCUT2D eigenvalue weighted by atomic mass is 35.5. The molecule has 2 heterocycles. The number of halogens is 1. The molecule has 0 spiro atoms. The number of carbonyl (C=O) groups is 2. The first kappa shape index (κ1) is 19.1. The van der Waals surface area contributed by atoms with E-state index in [-0.39, 0.29) is 30.1 Å². The molecule has 2 aliphatic heterocycles. The van der Waals surface area contributed by atoms with Gasteiger partial charge in [0.1, 0.15) is 0 Å². The van der Waals surface area contributed by atoms with Crippen molar-refractivity contribution in [2.45, 2.75) is 6.92 Å². The van der Waals surface area contributed by atoms with Gasteiger partial charge in [-0.05, 0) is 37.2 Å². The van der Waals surface area contributed by atoms with Gasteiger partial charge in [0.15, 0.2) is 0 Å². The van der Waals surface area contributed by atoms with E-state index in [2.05, 4.69) is 10.6 Å². The lowest BCUT2D eigenvalue weighted by molar-refractivity contribution is -0.121. The van der Waals surface area contributed by atoms with Crippen molar-refractivity contribution in [1.29, 1.82) is 0 Å². The lowest BCUT2D eigenvalue weighted by Gasteiger charge is -2.31. The van der Waals surface area contributed by atoms with Crippen LogP contribution in [0.4, 0.5) is 5.69 Å². The van der Waals surface area contributed by atoms with Crippen LogP contribution in [0.2, 0.25) is 0 Å². The van der Waals surface area contributed by atoms with E-state index in [1.807, 2.05) is 41.8 Å². The van der Waals surface area contributed by atoms with Gasteiger partial charge in [0.05, 0.1) is 0 Å². The number of anilines is 1. The Balaban J connectivity index is 0.00000208. The van der Waals surface area contributed by atoms with Gasteiger partial charge in [-0.15, -0.1) is 12.4 Å². The number of rotatable bonds is 4. The van der Waals surface area contributed by atoms with Gasteiger partial charge < -0.3 is 15.5 Å². The molecular formula is C17H24ClN3O2S. The Labute approximate surface area is 153 Å². The zero-order valence-corrected chi connectivity index (χ0v) is 15.4. The summed E-state index contributed by atoms with van der Waals surface area (Å²) in [6.45, 7) is 5.36. The van der Waals surface area contributed by atoms with Crippen LogP contribution in [-0.2, 0) is 4.79 Å². The monoisotopic (exact) mass is 369 g/mol. The lowest BCUT2D eigenvalue weighted by Crippen LogP contribution is -2.48. The number of thioether (sulfide) groups is 1. The fourth-order valence-corrected chi connectivity index (χ4v) is 3.72. The van der Waals surface area contributed by atoms with Crippen molar-refractivity contribution in [2.24, 2.45) is 11.8 Å². The van der Waals surface area contributed by atoms with E-state index in [0.29, 0.717) is 17.2 Å². The zero-order valence-electron chi connectivity index (χ0n) is 13.8. The summed E-state index contributed by atoms with van der Waals surface area (Å²) in [6.07, 6.45) is 0. The molecule has 2 amide bonds. The predicted octanol–water partition coefficient (Wildman–Crippen LogP) is 2.09. The Hall–Kier alpha value is -1.24. The van der Waals surface area contributed by atoms with E-state index in [9.17, 15) is 9.59 Å². The Morgan fingerprint density at radius 2 is 2.00 bits per heavy atom. The first-order valence-corrected chi connectivity index (χ1v) is 9.29. The van der Waals surface area contributed by atoms with Crippen LogP contribution < -0.4 is 10.6 Å². The van der Waals surface area contributed by atoms with Crippen LogP contribution in [0.1, 0.15) is 17.3 Å². The molecule has 0 aliphatic carbocycles. The second-order valence-electron chi connectivity index (χ2n) is 6.18. The molecule has 1 unspecified atom stereocenters. The Bertz CT molecular complexity index is 589. The van der Waals surface area contributed by atoms with Crippen LogP contribution in [0.5, 0.6) is 0 Å². The van der Waals surface area contributed by atoms with Crippen molar-refractivity contribution < 1.29 is 9.59 Å². The van der Waals surface area contributed by atoms with E-state index in [1.54, 1.807) is 6.07 Å². The molecule has 2 aliphatic rings. The maximum atomic E-state index is 12.5. The lowest BCUT2D eigenvalue weighted by atomic mass is 9.88. The third-order valence-corrected chi connectivity index (χ3v) is 5.55. The average molecular weight is 370 g/mol. The molecule has 0 aromatic heterocycles. The van der Waals surface area contributed by atoms with Gasteiger partial charge in [-0.25, -0.2) is 0 Å². The second-order valence-corrected chi connectivity index (χ2v) is 7.41.